The third-order valence-electron chi connectivity index (χ3n) is 7.39. The van der Waals surface area contributed by atoms with Crippen LogP contribution in [0.5, 0.6) is 0 Å². The van der Waals surface area contributed by atoms with Crippen LogP contribution in [-0.4, -0.2) is 30.8 Å². The van der Waals surface area contributed by atoms with Gasteiger partial charge in [-0.05, 0) is 22.3 Å². The van der Waals surface area contributed by atoms with Crippen molar-refractivity contribution in [1.29, 1.82) is 0 Å². The van der Waals surface area contributed by atoms with Crippen molar-refractivity contribution in [3.63, 3.8) is 0 Å². The Morgan fingerprint density at radius 1 is 0.512 bits per heavy atom. The Hall–Kier alpha value is -3.42. The van der Waals surface area contributed by atoms with E-state index >= 15 is 8.78 Å². The minimum absolute atomic E-state index is 0.169. The van der Waals surface area contributed by atoms with E-state index in [4.69, 9.17) is 18.9 Å². The van der Waals surface area contributed by atoms with E-state index in [1.807, 2.05) is 121 Å². The van der Waals surface area contributed by atoms with E-state index in [0.29, 0.717) is 0 Å². The molecule has 214 valence electrons. The fourth-order valence-corrected chi connectivity index (χ4v) is 5.19. The standard InChI is InChI=1S/C35H36F2O4/c36-35(37)21-32(39-23-28-15-7-2-8-16-28)34(41-25-30-19-11-4-12-20-30)33(40-24-29-17-9-3-10-18-29)31(35)26-38-22-27-13-5-1-6-14-27/h1-20,31-34H,21-26H2. The molecule has 4 unspecified atom stereocenters. The number of rotatable bonds is 13. The summed E-state index contributed by atoms with van der Waals surface area (Å²) in [6.45, 7) is 0.700. The summed E-state index contributed by atoms with van der Waals surface area (Å²) in [7, 11) is 0. The van der Waals surface area contributed by atoms with Crippen LogP contribution < -0.4 is 0 Å². The third-order valence-corrected chi connectivity index (χ3v) is 7.39. The molecule has 0 heterocycles. The molecule has 5 rings (SSSR count). The van der Waals surface area contributed by atoms with Gasteiger partial charge in [-0.15, -0.1) is 0 Å². The number of hydrogen-bond donors (Lipinski definition) is 0. The van der Waals surface area contributed by atoms with Gasteiger partial charge in [-0.25, -0.2) is 8.78 Å². The maximum absolute atomic E-state index is 16.0. The lowest BCUT2D eigenvalue weighted by Crippen LogP contribution is -2.59. The van der Waals surface area contributed by atoms with E-state index in [1.54, 1.807) is 0 Å². The molecule has 0 spiro atoms. The van der Waals surface area contributed by atoms with Gasteiger partial charge < -0.3 is 18.9 Å². The van der Waals surface area contributed by atoms with E-state index in [0.717, 1.165) is 22.3 Å². The molecule has 4 aromatic carbocycles. The van der Waals surface area contributed by atoms with Gasteiger partial charge in [0.05, 0.1) is 51.2 Å². The molecule has 1 aliphatic rings. The monoisotopic (exact) mass is 558 g/mol. The number of benzene rings is 4. The zero-order chi connectivity index (χ0) is 28.3. The molecule has 1 aliphatic carbocycles. The first-order valence-corrected chi connectivity index (χ1v) is 14.0. The molecule has 6 heteroatoms. The number of alkyl halides is 2. The fraction of sp³-hybridized carbons (Fsp3) is 0.314. The second kappa shape index (κ2) is 14.5. The Labute approximate surface area is 240 Å². The fourth-order valence-electron chi connectivity index (χ4n) is 5.19. The molecule has 0 saturated heterocycles. The van der Waals surface area contributed by atoms with Gasteiger partial charge in [0.2, 0.25) is 0 Å². The van der Waals surface area contributed by atoms with E-state index in [9.17, 15) is 0 Å². The summed E-state index contributed by atoms with van der Waals surface area (Å²) in [6, 6.07) is 38.4. The van der Waals surface area contributed by atoms with Gasteiger partial charge in [0.25, 0.3) is 5.92 Å². The molecular weight excluding hydrogens is 522 g/mol. The predicted octanol–water partition coefficient (Wildman–Crippen LogP) is 7.61. The molecule has 0 aromatic heterocycles. The molecular formula is C35H36F2O4. The van der Waals surface area contributed by atoms with Crippen molar-refractivity contribution in [2.75, 3.05) is 6.61 Å². The van der Waals surface area contributed by atoms with Gasteiger partial charge in [0.15, 0.2) is 0 Å². The van der Waals surface area contributed by atoms with E-state index in [2.05, 4.69) is 0 Å². The summed E-state index contributed by atoms with van der Waals surface area (Å²) in [4.78, 5) is 0. The number of halogens is 2. The SMILES string of the molecule is FC1(F)CC(OCc2ccccc2)C(OCc2ccccc2)C(OCc2ccccc2)C1COCc1ccccc1. The first-order valence-electron chi connectivity index (χ1n) is 14.0. The minimum Gasteiger partial charge on any atom is -0.376 e. The molecule has 1 saturated carbocycles. The lowest BCUT2D eigenvalue weighted by atomic mass is 9.79. The molecule has 41 heavy (non-hydrogen) atoms. The van der Waals surface area contributed by atoms with Crippen molar-refractivity contribution in [3.05, 3.63) is 144 Å². The van der Waals surface area contributed by atoms with Gasteiger partial charge in [0.1, 0.15) is 6.10 Å². The highest BCUT2D eigenvalue weighted by atomic mass is 19.3. The third kappa shape index (κ3) is 8.30. The Morgan fingerprint density at radius 3 is 1.37 bits per heavy atom. The summed E-state index contributed by atoms with van der Waals surface area (Å²) in [6.07, 6.45) is -3.05. The summed E-state index contributed by atoms with van der Waals surface area (Å²) in [5.41, 5.74) is 3.68. The molecule has 0 N–H and O–H groups in total. The van der Waals surface area contributed by atoms with Crippen LogP contribution in [0.2, 0.25) is 0 Å². The van der Waals surface area contributed by atoms with Crippen molar-refractivity contribution >= 4 is 0 Å². The molecule has 4 atom stereocenters. The number of ether oxygens (including phenoxy) is 4. The molecule has 0 bridgehead atoms. The van der Waals surface area contributed by atoms with Gasteiger partial charge in [-0.3, -0.25) is 0 Å². The molecule has 0 radical (unpaired) electrons. The van der Waals surface area contributed by atoms with Crippen LogP contribution in [0, 0.1) is 5.92 Å². The average Bonchev–Trinajstić information content (AvgIpc) is 3.01. The lowest BCUT2D eigenvalue weighted by molar-refractivity contribution is -0.260. The van der Waals surface area contributed by atoms with Crippen LogP contribution in [0.25, 0.3) is 0 Å². The molecule has 0 aliphatic heterocycles. The topological polar surface area (TPSA) is 36.9 Å². The summed E-state index contributed by atoms with van der Waals surface area (Å²) in [5.74, 6) is -4.31. The van der Waals surface area contributed by atoms with Crippen LogP contribution >= 0.6 is 0 Å². The maximum atomic E-state index is 16.0. The van der Waals surface area contributed by atoms with E-state index in [1.165, 1.54) is 0 Å². The van der Waals surface area contributed by atoms with Crippen LogP contribution in [0.4, 0.5) is 8.78 Å². The quantitative estimate of drug-likeness (QED) is 0.169. The summed E-state index contributed by atoms with van der Waals surface area (Å²) >= 11 is 0. The normalized spacial score (nSPS) is 21.9. The second-order valence-corrected chi connectivity index (χ2v) is 10.4. The summed E-state index contributed by atoms with van der Waals surface area (Å²) in [5, 5.41) is 0. The predicted molar refractivity (Wildman–Crippen MR) is 154 cm³/mol. The van der Waals surface area contributed by atoms with Crippen molar-refractivity contribution in [3.8, 4) is 0 Å². The van der Waals surface area contributed by atoms with Crippen LogP contribution in [0.3, 0.4) is 0 Å². The second-order valence-electron chi connectivity index (χ2n) is 10.4. The first-order chi connectivity index (χ1) is 20.1. The molecule has 4 nitrogen and oxygen atoms in total. The highest BCUT2D eigenvalue weighted by Gasteiger charge is 2.56. The van der Waals surface area contributed by atoms with Crippen LogP contribution in [-0.2, 0) is 45.4 Å². The van der Waals surface area contributed by atoms with Crippen molar-refractivity contribution in [2.45, 2.75) is 57.1 Å². The lowest BCUT2D eigenvalue weighted by Gasteiger charge is -2.46. The average molecular weight is 559 g/mol. The van der Waals surface area contributed by atoms with Crippen molar-refractivity contribution < 1.29 is 27.7 Å². The minimum atomic E-state index is -3.09. The summed E-state index contributed by atoms with van der Waals surface area (Å²) < 4.78 is 56.8. The van der Waals surface area contributed by atoms with E-state index < -0.39 is 36.6 Å². The Kier molecular flexibility index (Phi) is 10.3. The number of hydrogen-bond acceptors (Lipinski definition) is 4. The molecule has 1 fully saturated rings. The van der Waals surface area contributed by atoms with Gasteiger partial charge in [-0.1, -0.05) is 121 Å². The largest absolute Gasteiger partial charge is 0.376 e. The van der Waals surface area contributed by atoms with E-state index in [-0.39, 0.29) is 33.0 Å². The first kappa shape index (κ1) is 29.1. The highest BCUT2D eigenvalue weighted by molar-refractivity contribution is 5.16. The van der Waals surface area contributed by atoms with Crippen LogP contribution in [0.15, 0.2) is 121 Å². The molecule has 0 amide bonds. The van der Waals surface area contributed by atoms with Crippen molar-refractivity contribution in [1.82, 2.24) is 0 Å². The van der Waals surface area contributed by atoms with Crippen molar-refractivity contribution in [2.24, 2.45) is 5.92 Å². The van der Waals surface area contributed by atoms with Gasteiger partial charge >= 0.3 is 0 Å². The highest BCUT2D eigenvalue weighted by Crippen LogP contribution is 2.43. The maximum Gasteiger partial charge on any atom is 0.258 e. The van der Waals surface area contributed by atoms with Gasteiger partial charge in [0, 0.05) is 6.42 Å². The smallest absolute Gasteiger partial charge is 0.258 e. The van der Waals surface area contributed by atoms with Crippen LogP contribution in [0.1, 0.15) is 28.7 Å². The molecule has 4 aromatic rings. The Balaban J connectivity index is 1.39. The zero-order valence-corrected chi connectivity index (χ0v) is 23.0. The van der Waals surface area contributed by atoms with Gasteiger partial charge in [-0.2, -0.15) is 0 Å². The Bertz CT molecular complexity index is 1290. The zero-order valence-electron chi connectivity index (χ0n) is 23.0. The Morgan fingerprint density at radius 2 is 0.902 bits per heavy atom.